The first kappa shape index (κ1) is 21.5. The summed E-state index contributed by atoms with van der Waals surface area (Å²) in [5, 5.41) is 0. The number of benzene rings is 2. The maximum atomic E-state index is 6.50. The van der Waals surface area contributed by atoms with Gasteiger partial charge in [0, 0.05) is 0 Å². The summed E-state index contributed by atoms with van der Waals surface area (Å²) in [6.45, 7) is 15.6. The van der Waals surface area contributed by atoms with E-state index in [0.717, 1.165) is 24.2 Å². The summed E-state index contributed by atoms with van der Waals surface area (Å²) in [4.78, 5) is 0. The van der Waals surface area contributed by atoms with Crippen molar-refractivity contribution in [2.75, 3.05) is 0 Å². The van der Waals surface area contributed by atoms with E-state index >= 15 is 0 Å². The van der Waals surface area contributed by atoms with Crippen LogP contribution in [0.1, 0.15) is 68.5 Å². The standard InChI is InChI=1S/C25H37NO/c1-16(2)13-22-19(6)18(5)15-24(23(22)14-17(3)4)27-20(7)25(26)21-11-9-8-10-12-21/h8-12,15-17,20,25H,13-14,26H2,1-7H3. The van der Waals surface area contributed by atoms with Gasteiger partial charge >= 0.3 is 0 Å². The van der Waals surface area contributed by atoms with Gasteiger partial charge in [-0.3, -0.25) is 0 Å². The quantitative estimate of drug-likeness (QED) is 0.605. The molecule has 27 heavy (non-hydrogen) atoms. The fourth-order valence-electron chi connectivity index (χ4n) is 3.65. The third-order valence-corrected chi connectivity index (χ3v) is 5.28. The first-order chi connectivity index (χ1) is 12.7. The van der Waals surface area contributed by atoms with Crippen molar-refractivity contribution in [3.63, 3.8) is 0 Å². The molecule has 2 aromatic rings. The van der Waals surface area contributed by atoms with Crippen LogP contribution in [0.25, 0.3) is 0 Å². The maximum absolute atomic E-state index is 6.50. The molecule has 0 aliphatic heterocycles. The summed E-state index contributed by atoms with van der Waals surface area (Å²) in [6.07, 6.45) is 2.03. The molecule has 0 fully saturated rings. The number of hydrogen-bond acceptors (Lipinski definition) is 2. The van der Waals surface area contributed by atoms with E-state index < -0.39 is 0 Å². The average Bonchev–Trinajstić information content (AvgIpc) is 2.61. The second-order valence-corrected chi connectivity index (χ2v) is 8.73. The highest BCUT2D eigenvalue weighted by Crippen LogP contribution is 2.34. The van der Waals surface area contributed by atoms with E-state index in [2.05, 4.69) is 66.7 Å². The summed E-state index contributed by atoms with van der Waals surface area (Å²) >= 11 is 0. The van der Waals surface area contributed by atoms with Gasteiger partial charge in [-0.05, 0) is 79.3 Å². The van der Waals surface area contributed by atoms with E-state index in [1.165, 1.54) is 22.3 Å². The number of nitrogens with two attached hydrogens (primary N) is 1. The maximum Gasteiger partial charge on any atom is 0.123 e. The third kappa shape index (κ3) is 5.59. The lowest BCUT2D eigenvalue weighted by Crippen LogP contribution is -2.29. The van der Waals surface area contributed by atoms with Gasteiger partial charge in [-0.15, -0.1) is 0 Å². The Morgan fingerprint density at radius 3 is 1.96 bits per heavy atom. The zero-order valence-electron chi connectivity index (χ0n) is 18.2. The molecule has 0 saturated heterocycles. The SMILES string of the molecule is Cc1cc(OC(C)C(N)c2ccccc2)c(CC(C)C)c(CC(C)C)c1C. The fraction of sp³-hybridized carbons (Fsp3) is 0.520. The van der Waals surface area contributed by atoms with Crippen molar-refractivity contribution < 1.29 is 4.74 Å². The molecule has 0 bridgehead atoms. The van der Waals surface area contributed by atoms with Crippen molar-refractivity contribution in [3.05, 3.63) is 64.2 Å². The van der Waals surface area contributed by atoms with Crippen molar-refractivity contribution in [1.29, 1.82) is 0 Å². The second-order valence-electron chi connectivity index (χ2n) is 8.73. The van der Waals surface area contributed by atoms with Crippen LogP contribution in [0.4, 0.5) is 0 Å². The monoisotopic (exact) mass is 367 g/mol. The molecule has 2 N–H and O–H groups in total. The lowest BCUT2D eigenvalue weighted by Gasteiger charge is -2.27. The van der Waals surface area contributed by atoms with E-state index in [1.54, 1.807) is 0 Å². The highest BCUT2D eigenvalue weighted by molar-refractivity contribution is 5.49. The van der Waals surface area contributed by atoms with Crippen LogP contribution in [0.15, 0.2) is 36.4 Å². The molecule has 0 amide bonds. The summed E-state index contributed by atoms with van der Waals surface area (Å²) in [7, 11) is 0. The molecule has 2 heteroatoms. The van der Waals surface area contributed by atoms with E-state index in [1.807, 2.05) is 18.2 Å². The number of hydrogen-bond donors (Lipinski definition) is 1. The first-order valence-corrected chi connectivity index (χ1v) is 10.3. The molecule has 0 aromatic heterocycles. The predicted molar refractivity (Wildman–Crippen MR) is 116 cm³/mol. The fourth-order valence-corrected chi connectivity index (χ4v) is 3.65. The Kier molecular flexibility index (Phi) is 7.49. The minimum atomic E-state index is -0.145. The number of aryl methyl sites for hydroxylation is 1. The predicted octanol–water partition coefficient (Wildman–Crippen LogP) is 6.17. The Labute approximate surface area is 166 Å². The Morgan fingerprint density at radius 1 is 0.852 bits per heavy atom. The zero-order valence-corrected chi connectivity index (χ0v) is 18.2. The molecule has 2 aromatic carbocycles. The molecule has 2 nitrogen and oxygen atoms in total. The minimum absolute atomic E-state index is 0.0904. The van der Waals surface area contributed by atoms with E-state index in [-0.39, 0.29) is 12.1 Å². The van der Waals surface area contributed by atoms with Gasteiger partial charge < -0.3 is 10.5 Å². The van der Waals surface area contributed by atoms with E-state index in [0.29, 0.717) is 11.8 Å². The van der Waals surface area contributed by atoms with E-state index in [4.69, 9.17) is 10.5 Å². The van der Waals surface area contributed by atoms with Crippen molar-refractivity contribution in [2.24, 2.45) is 17.6 Å². The van der Waals surface area contributed by atoms with Crippen LogP contribution in [0.5, 0.6) is 5.75 Å². The Balaban J connectivity index is 2.40. The van der Waals surface area contributed by atoms with Crippen molar-refractivity contribution in [2.45, 2.75) is 73.5 Å². The second kappa shape index (κ2) is 9.41. The van der Waals surface area contributed by atoms with Crippen LogP contribution in [0.3, 0.4) is 0 Å². The third-order valence-electron chi connectivity index (χ3n) is 5.28. The summed E-state index contributed by atoms with van der Waals surface area (Å²) in [5.41, 5.74) is 13.2. The van der Waals surface area contributed by atoms with Crippen LogP contribution < -0.4 is 10.5 Å². The van der Waals surface area contributed by atoms with Gasteiger partial charge in [0.05, 0.1) is 6.04 Å². The summed E-state index contributed by atoms with van der Waals surface area (Å²) < 4.78 is 6.50. The lowest BCUT2D eigenvalue weighted by molar-refractivity contribution is 0.188. The smallest absolute Gasteiger partial charge is 0.123 e. The van der Waals surface area contributed by atoms with Gasteiger partial charge in [0.25, 0.3) is 0 Å². The van der Waals surface area contributed by atoms with Crippen LogP contribution in [0.2, 0.25) is 0 Å². The summed E-state index contributed by atoms with van der Waals surface area (Å²) in [6, 6.07) is 12.3. The van der Waals surface area contributed by atoms with Gasteiger partial charge in [0.15, 0.2) is 0 Å². The molecule has 0 aliphatic rings. The molecule has 0 radical (unpaired) electrons. The largest absolute Gasteiger partial charge is 0.488 e. The van der Waals surface area contributed by atoms with Gasteiger partial charge in [-0.2, -0.15) is 0 Å². The van der Waals surface area contributed by atoms with Gasteiger partial charge in [-0.1, -0.05) is 58.0 Å². The highest BCUT2D eigenvalue weighted by atomic mass is 16.5. The average molecular weight is 368 g/mol. The first-order valence-electron chi connectivity index (χ1n) is 10.3. The molecular weight excluding hydrogens is 330 g/mol. The van der Waals surface area contributed by atoms with Crippen LogP contribution >= 0.6 is 0 Å². The van der Waals surface area contributed by atoms with Crippen molar-refractivity contribution in [3.8, 4) is 5.75 Å². The topological polar surface area (TPSA) is 35.2 Å². The normalized spacial score (nSPS) is 13.9. The highest BCUT2D eigenvalue weighted by Gasteiger charge is 2.21. The molecule has 148 valence electrons. The number of ether oxygens (including phenoxy) is 1. The van der Waals surface area contributed by atoms with Gasteiger partial charge in [0.1, 0.15) is 11.9 Å². The number of rotatable bonds is 8. The molecule has 2 rings (SSSR count). The van der Waals surface area contributed by atoms with Gasteiger partial charge in [0.2, 0.25) is 0 Å². The minimum Gasteiger partial charge on any atom is -0.488 e. The molecule has 0 aliphatic carbocycles. The van der Waals surface area contributed by atoms with Crippen LogP contribution in [-0.4, -0.2) is 6.10 Å². The lowest BCUT2D eigenvalue weighted by atomic mass is 9.87. The molecule has 0 spiro atoms. The van der Waals surface area contributed by atoms with E-state index in [9.17, 15) is 0 Å². The van der Waals surface area contributed by atoms with Crippen molar-refractivity contribution >= 4 is 0 Å². The molecule has 0 saturated carbocycles. The summed E-state index contributed by atoms with van der Waals surface area (Å²) in [5.74, 6) is 2.22. The van der Waals surface area contributed by atoms with Crippen LogP contribution in [-0.2, 0) is 12.8 Å². The Morgan fingerprint density at radius 2 is 1.41 bits per heavy atom. The molecule has 2 atom stereocenters. The molecule has 0 heterocycles. The Bertz CT molecular complexity index is 734. The molecular formula is C25H37NO. The Hall–Kier alpha value is -1.80. The van der Waals surface area contributed by atoms with Gasteiger partial charge in [-0.25, -0.2) is 0 Å². The van der Waals surface area contributed by atoms with Crippen molar-refractivity contribution in [1.82, 2.24) is 0 Å². The van der Waals surface area contributed by atoms with Crippen LogP contribution in [0, 0.1) is 25.7 Å². The molecule has 2 unspecified atom stereocenters. The zero-order chi connectivity index (χ0) is 20.1.